The molecule has 0 spiro atoms. The monoisotopic (exact) mass is 286 g/mol. The molecule has 0 aromatic carbocycles. The van der Waals surface area contributed by atoms with E-state index < -0.39 is 31.6 Å². The van der Waals surface area contributed by atoms with Gasteiger partial charge in [-0.25, -0.2) is 22.2 Å². The van der Waals surface area contributed by atoms with Crippen molar-refractivity contribution in [1.82, 2.24) is 4.98 Å². The van der Waals surface area contributed by atoms with Gasteiger partial charge in [0.1, 0.15) is 6.07 Å². The number of pyridine rings is 1. The lowest BCUT2D eigenvalue weighted by Crippen LogP contribution is -2.05. The van der Waals surface area contributed by atoms with Crippen LogP contribution in [-0.2, 0) is 9.05 Å². The minimum Gasteiger partial charge on any atom is -0.241 e. The summed E-state index contributed by atoms with van der Waals surface area (Å²) in [5, 5.41) is 7.19. The number of hydrogen-bond acceptors (Lipinski definition) is 4. The van der Waals surface area contributed by atoms with Crippen molar-refractivity contribution >= 4 is 31.3 Å². The zero-order valence-corrected chi connectivity index (χ0v) is 9.61. The van der Waals surface area contributed by atoms with Crippen LogP contribution in [0.1, 0.15) is 17.6 Å². The van der Waals surface area contributed by atoms with E-state index in [-0.39, 0.29) is 5.02 Å². The number of nitrogens with zero attached hydrogens (tertiary/aromatic N) is 2. The number of halogens is 4. The molecule has 0 saturated carbocycles. The SMILES string of the molecule is N#Cc1c(Cl)cnc(S(=O)(=O)Cl)c1C(F)F. The van der Waals surface area contributed by atoms with Crippen LogP contribution in [0.2, 0.25) is 5.02 Å². The van der Waals surface area contributed by atoms with Crippen molar-refractivity contribution in [3.8, 4) is 6.07 Å². The predicted octanol–water partition coefficient (Wildman–Crippen LogP) is 2.47. The maximum Gasteiger partial charge on any atom is 0.279 e. The largest absolute Gasteiger partial charge is 0.279 e. The molecule has 0 radical (unpaired) electrons. The summed E-state index contributed by atoms with van der Waals surface area (Å²) in [6.45, 7) is 0. The fourth-order valence-electron chi connectivity index (χ4n) is 0.995. The van der Waals surface area contributed by atoms with Crippen LogP contribution in [-0.4, -0.2) is 13.4 Å². The van der Waals surface area contributed by atoms with Gasteiger partial charge in [0, 0.05) is 16.9 Å². The molecule has 0 unspecified atom stereocenters. The Morgan fingerprint density at radius 2 is 2.06 bits per heavy atom. The first kappa shape index (κ1) is 13.1. The van der Waals surface area contributed by atoms with Crippen LogP contribution in [0.15, 0.2) is 11.2 Å². The molecule has 86 valence electrons. The second-order valence-corrected chi connectivity index (χ2v) is 5.44. The van der Waals surface area contributed by atoms with Gasteiger partial charge in [0.25, 0.3) is 15.5 Å². The molecule has 0 fully saturated rings. The molecule has 0 aliphatic carbocycles. The first-order valence-electron chi connectivity index (χ1n) is 3.60. The molecule has 1 aromatic heterocycles. The van der Waals surface area contributed by atoms with Gasteiger partial charge < -0.3 is 0 Å². The highest BCUT2D eigenvalue weighted by Crippen LogP contribution is 2.33. The van der Waals surface area contributed by atoms with E-state index in [0.717, 1.165) is 6.20 Å². The summed E-state index contributed by atoms with van der Waals surface area (Å²) in [4.78, 5) is 3.20. The summed E-state index contributed by atoms with van der Waals surface area (Å²) < 4.78 is 47.1. The normalized spacial score (nSPS) is 11.5. The topological polar surface area (TPSA) is 70.8 Å². The van der Waals surface area contributed by atoms with Crippen molar-refractivity contribution in [1.29, 1.82) is 5.26 Å². The molecular formula is C7H2Cl2F2N2O2S. The van der Waals surface area contributed by atoms with E-state index >= 15 is 0 Å². The van der Waals surface area contributed by atoms with Gasteiger partial charge in [-0.15, -0.1) is 0 Å². The van der Waals surface area contributed by atoms with Gasteiger partial charge in [0.2, 0.25) is 0 Å². The maximum absolute atomic E-state index is 12.6. The van der Waals surface area contributed by atoms with Crippen molar-refractivity contribution in [3.63, 3.8) is 0 Å². The summed E-state index contributed by atoms with van der Waals surface area (Å²) in [6, 6.07) is 1.38. The molecule has 0 aliphatic rings. The first-order valence-corrected chi connectivity index (χ1v) is 6.29. The fourth-order valence-corrected chi connectivity index (χ4v) is 2.19. The number of aromatic nitrogens is 1. The van der Waals surface area contributed by atoms with Crippen molar-refractivity contribution in [2.24, 2.45) is 0 Å². The molecular weight excluding hydrogens is 285 g/mol. The molecule has 16 heavy (non-hydrogen) atoms. The molecule has 1 heterocycles. The lowest BCUT2D eigenvalue weighted by molar-refractivity contribution is 0.146. The Hall–Kier alpha value is -0.970. The molecule has 0 amide bonds. The Morgan fingerprint density at radius 3 is 2.44 bits per heavy atom. The quantitative estimate of drug-likeness (QED) is 0.783. The van der Waals surface area contributed by atoms with Gasteiger partial charge in [0.05, 0.1) is 16.1 Å². The molecule has 9 heteroatoms. The molecule has 0 saturated heterocycles. The predicted molar refractivity (Wildman–Crippen MR) is 52.0 cm³/mol. The third-order valence-corrected chi connectivity index (χ3v) is 3.11. The third kappa shape index (κ3) is 2.40. The van der Waals surface area contributed by atoms with Crippen LogP contribution < -0.4 is 0 Å². The van der Waals surface area contributed by atoms with E-state index in [1.54, 1.807) is 0 Å². The minimum absolute atomic E-state index is 0.359. The Kier molecular flexibility index (Phi) is 3.68. The highest BCUT2D eigenvalue weighted by atomic mass is 35.7. The summed E-state index contributed by atoms with van der Waals surface area (Å²) in [5.74, 6) is 0. The Labute approximate surface area is 98.8 Å². The molecule has 1 rings (SSSR count). The zero-order chi connectivity index (χ0) is 12.5. The van der Waals surface area contributed by atoms with Gasteiger partial charge in [-0.1, -0.05) is 11.6 Å². The molecule has 0 atom stereocenters. The smallest absolute Gasteiger partial charge is 0.241 e. The second-order valence-electron chi connectivity index (χ2n) is 2.55. The van der Waals surface area contributed by atoms with Gasteiger partial charge in [-0.2, -0.15) is 5.26 Å². The average molecular weight is 287 g/mol. The van der Waals surface area contributed by atoms with Crippen molar-refractivity contribution in [2.75, 3.05) is 0 Å². The lowest BCUT2D eigenvalue weighted by atomic mass is 10.1. The summed E-state index contributed by atoms with van der Waals surface area (Å²) >= 11 is 5.44. The van der Waals surface area contributed by atoms with Crippen LogP contribution in [0.4, 0.5) is 8.78 Å². The van der Waals surface area contributed by atoms with Crippen LogP contribution in [0.3, 0.4) is 0 Å². The Morgan fingerprint density at radius 1 is 1.50 bits per heavy atom. The van der Waals surface area contributed by atoms with Gasteiger partial charge in [0.15, 0.2) is 5.03 Å². The highest BCUT2D eigenvalue weighted by Gasteiger charge is 2.28. The fraction of sp³-hybridized carbons (Fsp3) is 0.143. The van der Waals surface area contributed by atoms with E-state index in [2.05, 4.69) is 4.98 Å². The van der Waals surface area contributed by atoms with Crippen LogP contribution >= 0.6 is 22.3 Å². The number of hydrogen-bond donors (Lipinski definition) is 0. The number of alkyl halides is 2. The van der Waals surface area contributed by atoms with Crippen LogP contribution in [0, 0.1) is 11.3 Å². The zero-order valence-electron chi connectivity index (χ0n) is 7.29. The molecule has 0 N–H and O–H groups in total. The van der Waals surface area contributed by atoms with Crippen molar-refractivity contribution < 1.29 is 17.2 Å². The van der Waals surface area contributed by atoms with Gasteiger partial charge >= 0.3 is 0 Å². The minimum atomic E-state index is -4.46. The maximum atomic E-state index is 12.6. The lowest BCUT2D eigenvalue weighted by Gasteiger charge is -2.07. The first-order chi connectivity index (χ1) is 7.29. The van der Waals surface area contributed by atoms with E-state index in [1.165, 1.54) is 6.07 Å². The summed E-state index contributed by atoms with van der Waals surface area (Å²) in [7, 11) is 0.456. The Balaban J connectivity index is 3.74. The van der Waals surface area contributed by atoms with E-state index in [1.807, 2.05) is 0 Å². The summed E-state index contributed by atoms with van der Waals surface area (Å²) in [6.07, 6.45) is -2.44. The average Bonchev–Trinajstić information content (AvgIpc) is 2.14. The Bertz CT molecular complexity index is 568. The highest BCUT2D eigenvalue weighted by molar-refractivity contribution is 8.13. The van der Waals surface area contributed by atoms with Crippen LogP contribution in [0.25, 0.3) is 0 Å². The van der Waals surface area contributed by atoms with E-state index in [0.29, 0.717) is 0 Å². The number of nitriles is 1. The van der Waals surface area contributed by atoms with Gasteiger partial charge in [-0.3, -0.25) is 0 Å². The third-order valence-electron chi connectivity index (χ3n) is 1.59. The molecule has 4 nitrogen and oxygen atoms in total. The molecule has 0 bridgehead atoms. The van der Waals surface area contributed by atoms with E-state index in [9.17, 15) is 17.2 Å². The van der Waals surface area contributed by atoms with E-state index in [4.69, 9.17) is 27.5 Å². The van der Waals surface area contributed by atoms with Crippen molar-refractivity contribution in [3.05, 3.63) is 22.3 Å². The van der Waals surface area contributed by atoms with Gasteiger partial charge in [-0.05, 0) is 0 Å². The number of rotatable bonds is 2. The van der Waals surface area contributed by atoms with Crippen LogP contribution in [0.5, 0.6) is 0 Å². The second kappa shape index (κ2) is 4.49. The molecule has 0 aliphatic heterocycles. The molecule has 1 aromatic rings. The summed E-state index contributed by atoms with van der Waals surface area (Å²) in [5.41, 5.74) is -1.73. The van der Waals surface area contributed by atoms with Crippen molar-refractivity contribution in [2.45, 2.75) is 11.5 Å². The standard InChI is InChI=1S/C7H2Cl2F2N2O2S/c8-4-2-13-7(16(9,14)15)5(6(10)11)3(4)1-12/h2,6H.